The van der Waals surface area contributed by atoms with Gasteiger partial charge in [-0.15, -0.1) is 0 Å². The molecule has 132 valence electrons. The number of esters is 1. The van der Waals surface area contributed by atoms with Gasteiger partial charge >= 0.3 is 12.1 Å². The first-order valence-corrected chi connectivity index (χ1v) is 6.92. The molecule has 0 amide bonds. The van der Waals surface area contributed by atoms with E-state index in [1.807, 2.05) is 0 Å². The van der Waals surface area contributed by atoms with Gasteiger partial charge in [0.2, 0.25) is 0 Å². The third kappa shape index (κ3) is 11.9. The van der Waals surface area contributed by atoms with Crippen molar-refractivity contribution in [2.24, 2.45) is 16.5 Å². The smallest absolute Gasteiger partial charge is 0.428 e. The molecular weight excluding hydrogens is 310 g/mol. The molecule has 0 aliphatic rings. The zero-order chi connectivity index (χ0) is 18.0. The number of nitro groups is 1. The molecule has 0 rings (SSSR count). The molecule has 5 N–H and O–H groups in total. The fourth-order valence-corrected chi connectivity index (χ4v) is 1.35. The Hall–Kier alpha value is -2.43. The van der Waals surface area contributed by atoms with Crippen LogP contribution < -0.4 is 16.9 Å². The number of hydrogen-bond acceptors (Lipinski definition) is 8. The highest BCUT2D eigenvalue weighted by molar-refractivity contribution is 5.85. The van der Waals surface area contributed by atoms with Crippen LogP contribution in [-0.2, 0) is 14.3 Å². The van der Waals surface area contributed by atoms with Crippen LogP contribution in [0.1, 0.15) is 40.0 Å². The molecule has 11 nitrogen and oxygen atoms in total. The van der Waals surface area contributed by atoms with Crippen LogP contribution >= 0.6 is 0 Å². The Balaban J connectivity index is 3.97. The molecule has 0 saturated carbocycles. The van der Waals surface area contributed by atoms with E-state index < -0.39 is 28.8 Å². The quantitative estimate of drug-likeness (QED) is 0.111. The minimum absolute atomic E-state index is 0.237. The number of hydrogen-bond donors (Lipinski definition) is 3. The van der Waals surface area contributed by atoms with Gasteiger partial charge in [-0.2, -0.15) is 0 Å². The molecule has 0 aliphatic heterocycles. The highest BCUT2D eigenvalue weighted by Crippen LogP contribution is 2.09. The second-order valence-electron chi connectivity index (χ2n) is 5.62. The summed E-state index contributed by atoms with van der Waals surface area (Å²) in [6.45, 7) is 5.15. The van der Waals surface area contributed by atoms with Crippen LogP contribution in [0.15, 0.2) is 4.99 Å². The predicted molar refractivity (Wildman–Crippen MR) is 80.8 cm³/mol. The zero-order valence-corrected chi connectivity index (χ0v) is 13.4. The largest absolute Gasteiger partial charge is 0.516 e. The summed E-state index contributed by atoms with van der Waals surface area (Å²) in [4.78, 5) is 36.6. The van der Waals surface area contributed by atoms with Gasteiger partial charge in [0.05, 0.1) is 0 Å². The van der Waals surface area contributed by atoms with E-state index in [-0.39, 0.29) is 18.9 Å². The van der Waals surface area contributed by atoms with Crippen LogP contribution in [0.25, 0.3) is 0 Å². The van der Waals surface area contributed by atoms with Gasteiger partial charge in [0.25, 0.3) is 5.96 Å². The molecule has 23 heavy (non-hydrogen) atoms. The molecule has 0 heterocycles. The summed E-state index contributed by atoms with van der Waals surface area (Å²) in [5.41, 5.74) is 11.7. The number of carbonyl (C=O) groups is 2. The summed E-state index contributed by atoms with van der Waals surface area (Å²) in [6, 6.07) is -0.972. The van der Waals surface area contributed by atoms with Crippen molar-refractivity contribution in [1.29, 1.82) is 0 Å². The first-order valence-electron chi connectivity index (χ1n) is 6.92. The van der Waals surface area contributed by atoms with E-state index in [1.54, 1.807) is 26.2 Å². The van der Waals surface area contributed by atoms with Crippen molar-refractivity contribution < 1.29 is 24.1 Å². The van der Waals surface area contributed by atoms with Crippen LogP contribution in [0, 0.1) is 10.1 Å². The third-order valence-electron chi connectivity index (χ3n) is 2.29. The fourth-order valence-electron chi connectivity index (χ4n) is 1.35. The van der Waals surface area contributed by atoms with Crippen molar-refractivity contribution in [3.05, 3.63) is 10.1 Å². The predicted octanol–water partition coefficient (Wildman–Crippen LogP) is 0.0583. The van der Waals surface area contributed by atoms with Gasteiger partial charge in [-0.3, -0.25) is 0 Å². The molecule has 0 unspecified atom stereocenters. The van der Waals surface area contributed by atoms with Crippen molar-refractivity contribution in [1.82, 2.24) is 5.43 Å². The number of rotatable bonds is 7. The van der Waals surface area contributed by atoms with E-state index in [9.17, 15) is 19.7 Å². The highest BCUT2D eigenvalue weighted by Gasteiger charge is 2.23. The van der Waals surface area contributed by atoms with Gasteiger partial charge < -0.3 is 20.9 Å². The molecule has 0 saturated heterocycles. The maximum Gasteiger partial charge on any atom is 0.516 e. The average molecular weight is 333 g/mol. The Morgan fingerprint density at radius 1 is 1.35 bits per heavy atom. The summed E-state index contributed by atoms with van der Waals surface area (Å²) in [7, 11) is 0. The number of aliphatic imine (C=N–C) groups is 1. The molecule has 0 aromatic rings. The minimum atomic E-state index is -1.10. The minimum Gasteiger partial charge on any atom is -0.428 e. The maximum atomic E-state index is 11.6. The standard InChI is InChI=1S/C12H23N5O6/c1-12(2,3)23-11(19)22-9(18)8(13)6-4-5-7-15-10(14)16-17(20)21/h8H,4-7,13H2,1-3H3,(H3,14,15,16)/t8-/m0/s1. The maximum absolute atomic E-state index is 11.6. The van der Waals surface area contributed by atoms with E-state index >= 15 is 0 Å². The summed E-state index contributed by atoms with van der Waals surface area (Å²) in [6.07, 6.45) is 0.175. The lowest BCUT2D eigenvalue weighted by Crippen LogP contribution is -2.36. The Kier molecular flexibility index (Phi) is 8.55. The van der Waals surface area contributed by atoms with Crippen molar-refractivity contribution in [2.75, 3.05) is 6.54 Å². The van der Waals surface area contributed by atoms with Crippen LogP contribution in [0.2, 0.25) is 0 Å². The summed E-state index contributed by atoms with van der Waals surface area (Å²) in [5.74, 6) is -1.18. The van der Waals surface area contributed by atoms with Gasteiger partial charge in [-0.25, -0.2) is 24.7 Å². The first-order chi connectivity index (χ1) is 10.5. The number of nitrogens with zero attached hydrogens (tertiary/aromatic N) is 2. The highest BCUT2D eigenvalue weighted by atomic mass is 16.7. The van der Waals surface area contributed by atoms with Gasteiger partial charge in [-0.05, 0) is 40.0 Å². The monoisotopic (exact) mass is 333 g/mol. The van der Waals surface area contributed by atoms with E-state index in [4.69, 9.17) is 16.2 Å². The number of ether oxygens (including phenoxy) is 2. The summed E-state index contributed by atoms with van der Waals surface area (Å²) < 4.78 is 9.30. The van der Waals surface area contributed by atoms with Gasteiger partial charge in [-0.1, -0.05) is 5.43 Å². The molecule has 11 heteroatoms. The molecule has 0 bridgehead atoms. The van der Waals surface area contributed by atoms with Crippen LogP contribution in [0.3, 0.4) is 0 Å². The topological polar surface area (TPSA) is 172 Å². The molecular formula is C12H23N5O6. The number of carbonyl (C=O) groups excluding carboxylic acids is 2. The van der Waals surface area contributed by atoms with Gasteiger partial charge in [0, 0.05) is 6.54 Å². The van der Waals surface area contributed by atoms with Gasteiger partial charge in [0.1, 0.15) is 11.6 Å². The van der Waals surface area contributed by atoms with Crippen LogP contribution in [0.4, 0.5) is 4.79 Å². The average Bonchev–Trinajstić information content (AvgIpc) is 2.34. The van der Waals surface area contributed by atoms with E-state index in [2.05, 4.69) is 9.73 Å². The molecule has 0 aromatic carbocycles. The first kappa shape index (κ1) is 20.6. The van der Waals surface area contributed by atoms with Crippen LogP contribution in [-0.4, -0.2) is 41.3 Å². The number of guanidine groups is 1. The number of nitrogens with one attached hydrogen (secondary N) is 1. The van der Waals surface area contributed by atoms with Gasteiger partial charge in [0.15, 0.2) is 5.03 Å². The molecule has 1 atom stereocenters. The lowest BCUT2D eigenvalue weighted by Gasteiger charge is -2.19. The molecule has 0 aromatic heterocycles. The van der Waals surface area contributed by atoms with Crippen LogP contribution in [0.5, 0.6) is 0 Å². The molecule has 0 aliphatic carbocycles. The lowest BCUT2D eigenvalue weighted by atomic mass is 10.1. The Morgan fingerprint density at radius 2 is 1.96 bits per heavy atom. The second-order valence-corrected chi connectivity index (χ2v) is 5.62. The molecule has 0 fully saturated rings. The number of hydrazine groups is 1. The summed E-state index contributed by atoms with van der Waals surface area (Å²) in [5, 5.41) is 9.25. The van der Waals surface area contributed by atoms with E-state index in [1.165, 1.54) is 0 Å². The van der Waals surface area contributed by atoms with Crippen molar-refractivity contribution in [3.8, 4) is 0 Å². The number of unbranched alkanes of at least 4 members (excludes halogenated alkanes) is 1. The Morgan fingerprint density at radius 3 is 2.48 bits per heavy atom. The normalized spacial score (nSPS) is 13.1. The second kappa shape index (κ2) is 9.56. The van der Waals surface area contributed by atoms with Crippen molar-refractivity contribution >= 4 is 18.1 Å². The molecule has 0 radical (unpaired) electrons. The number of nitrogens with two attached hydrogens (primary N) is 2. The summed E-state index contributed by atoms with van der Waals surface area (Å²) >= 11 is 0. The fraction of sp³-hybridized carbons (Fsp3) is 0.750. The lowest BCUT2D eigenvalue weighted by molar-refractivity contribution is -0.525. The van der Waals surface area contributed by atoms with E-state index in [0.717, 1.165) is 0 Å². The Bertz CT molecular complexity index is 459. The van der Waals surface area contributed by atoms with E-state index in [0.29, 0.717) is 12.8 Å². The Labute approximate surface area is 133 Å². The molecule has 0 spiro atoms. The SMILES string of the molecule is CC(C)(C)OC(=O)OC(=O)[C@@H](N)CCCCN=C(N)N[N+](=O)[O-]. The zero-order valence-electron chi connectivity index (χ0n) is 13.4. The van der Waals surface area contributed by atoms with Crippen molar-refractivity contribution in [3.63, 3.8) is 0 Å². The third-order valence-corrected chi connectivity index (χ3v) is 2.29. The van der Waals surface area contributed by atoms with Crippen molar-refractivity contribution in [2.45, 2.75) is 51.7 Å².